The van der Waals surface area contributed by atoms with Gasteiger partial charge in [-0.2, -0.15) is 0 Å². The summed E-state index contributed by atoms with van der Waals surface area (Å²) in [6.07, 6.45) is 0.318. The number of fused-ring (bicyclic) bond motifs is 1. The van der Waals surface area contributed by atoms with Crippen LogP contribution in [0.1, 0.15) is 6.42 Å². The molecule has 0 amide bonds. The third-order valence-electron chi connectivity index (χ3n) is 4.51. The second-order valence-corrected chi connectivity index (χ2v) is 8.53. The van der Waals surface area contributed by atoms with Crippen LogP contribution in [0.25, 0.3) is 10.8 Å². The summed E-state index contributed by atoms with van der Waals surface area (Å²) in [7, 11) is 0.324. The second kappa shape index (κ2) is 8.45. The molecule has 0 aromatic heterocycles. The third kappa shape index (κ3) is 4.81. The van der Waals surface area contributed by atoms with Gasteiger partial charge in [0, 0.05) is 13.2 Å². The van der Waals surface area contributed by atoms with Gasteiger partial charge in [-0.15, -0.1) is 0 Å². The van der Waals surface area contributed by atoms with Crippen molar-refractivity contribution in [3.05, 3.63) is 42.5 Å². The van der Waals surface area contributed by atoms with E-state index < -0.39 is 10.0 Å². The van der Waals surface area contributed by atoms with E-state index >= 15 is 0 Å². The molecule has 0 unspecified atom stereocenters. The van der Waals surface area contributed by atoms with Crippen LogP contribution in [0.4, 0.5) is 0 Å². The van der Waals surface area contributed by atoms with Crippen molar-refractivity contribution in [3.63, 3.8) is 0 Å². The number of sulfonamides is 1. The van der Waals surface area contributed by atoms with E-state index in [0.717, 1.165) is 17.3 Å². The van der Waals surface area contributed by atoms with E-state index in [1.807, 2.05) is 49.3 Å². The van der Waals surface area contributed by atoms with Crippen LogP contribution in [-0.4, -0.2) is 65.9 Å². The Kier molecular flexibility index (Phi) is 6.26. The Bertz CT molecular complexity index is 838. The predicted octanol–water partition coefficient (Wildman–Crippen LogP) is 1.85. The van der Waals surface area contributed by atoms with Crippen molar-refractivity contribution in [2.75, 3.05) is 40.5 Å². The first-order chi connectivity index (χ1) is 12.5. The lowest BCUT2D eigenvalue weighted by Crippen LogP contribution is -2.50. The maximum Gasteiger partial charge on any atom is 0.240 e. The summed E-state index contributed by atoms with van der Waals surface area (Å²) in [4.78, 5) is 2.30. The minimum Gasteiger partial charge on any atom is -0.379 e. The highest BCUT2D eigenvalue weighted by Gasteiger charge is 2.31. The molecule has 0 radical (unpaired) electrons. The van der Waals surface area contributed by atoms with Crippen LogP contribution in [-0.2, 0) is 19.5 Å². The molecule has 0 aliphatic carbocycles. The summed E-state index contributed by atoms with van der Waals surface area (Å²) in [5, 5.41) is 1.92. The Morgan fingerprint density at radius 1 is 1.19 bits per heavy atom. The van der Waals surface area contributed by atoms with Crippen molar-refractivity contribution in [2.45, 2.75) is 23.5 Å². The molecular weight excluding hydrogens is 352 g/mol. The van der Waals surface area contributed by atoms with E-state index in [-0.39, 0.29) is 17.0 Å². The van der Waals surface area contributed by atoms with E-state index in [1.54, 1.807) is 12.1 Å². The second-order valence-electron chi connectivity index (χ2n) is 6.81. The number of hydrogen-bond acceptors (Lipinski definition) is 5. The molecule has 2 aromatic rings. The van der Waals surface area contributed by atoms with Gasteiger partial charge < -0.3 is 14.4 Å². The number of ether oxygens (including phenoxy) is 2. The van der Waals surface area contributed by atoms with Crippen molar-refractivity contribution in [1.29, 1.82) is 0 Å². The van der Waals surface area contributed by atoms with Crippen molar-refractivity contribution < 1.29 is 17.9 Å². The molecule has 1 fully saturated rings. The first kappa shape index (κ1) is 19.3. The fourth-order valence-corrected chi connectivity index (χ4v) is 4.33. The lowest BCUT2D eigenvalue weighted by atomic mass is 10.1. The third-order valence-corrected chi connectivity index (χ3v) is 6.00. The normalized spacial score (nSPS) is 21.3. The van der Waals surface area contributed by atoms with Crippen LogP contribution in [0.2, 0.25) is 0 Å². The summed E-state index contributed by atoms with van der Waals surface area (Å²) < 4.78 is 39.9. The molecule has 6 nitrogen and oxygen atoms in total. The molecule has 1 heterocycles. The van der Waals surface area contributed by atoms with Crippen molar-refractivity contribution in [1.82, 2.24) is 9.62 Å². The summed E-state index contributed by atoms with van der Waals surface area (Å²) in [6, 6.07) is 12.6. The van der Waals surface area contributed by atoms with E-state index in [1.165, 1.54) is 0 Å². The zero-order valence-corrected chi connectivity index (χ0v) is 16.0. The Labute approximate surface area is 155 Å². The highest BCUT2D eigenvalue weighted by Crippen LogP contribution is 2.21. The van der Waals surface area contributed by atoms with Gasteiger partial charge in [-0.25, -0.2) is 13.1 Å². The van der Waals surface area contributed by atoms with Crippen LogP contribution >= 0.6 is 0 Å². The van der Waals surface area contributed by atoms with Gasteiger partial charge in [0.05, 0.1) is 30.3 Å². The van der Waals surface area contributed by atoms with Crippen molar-refractivity contribution in [2.24, 2.45) is 0 Å². The number of likely N-dealkylation sites (N-methyl/N-ethyl adjacent to an activating group) is 1. The Balaban J connectivity index is 1.73. The monoisotopic (exact) mass is 378 g/mol. The first-order valence-corrected chi connectivity index (χ1v) is 10.3. The van der Waals surface area contributed by atoms with Gasteiger partial charge >= 0.3 is 0 Å². The lowest BCUT2D eigenvalue weighted by molar-refractivity contribution is -0.0665. The van der Waals surface area contributed by atoms with Gasteiger partial charge in [0.25, 0.3) is 0 Å². The van der Waals surface area contributed by atoms with Gasteiger partial charge in [0.15, 0.2) is 0 Å². The van der Waals surface area contributed by atoms with Crippen LogP contribution in [0.3, 0.4) is 0 Å². The predicted molar refractivity (Wildman–Crippen MR) is 102 cm³/mol. The number of hydrogen-bond donors (Lipinski definition) is 1. The molecule has 0 spiro atoms. The zero-order chi connectivity index (χ0) is 18.6. The molecule has 1 aliphatic heterocycles. The van der Waals surface area contributed by atoms with Crippen LogP contribution in [0, 0.1) is 0 Å². The number of rotatable bonds is 7. The van der Waals surface area contributed by atoms with E-state index in [9.17, 15) is 8.42 Å². The van der Waals surface area contributed by atoms with Crippen molar-refractivity contribution in [3.8, 4) is 0 Å². The highest BCUT2D eigenvalue weighted by atomic mass is 32.2. The molecule has 1 saturated heterocycles. The highest BCUT2D eigenvalue weighted by molar-refractivity contribution is 7.89. The molecule has 0 saturated carbocycles. The van der Waals surface area contributed by atoms with E-state index in [4.69, 9.17) is 9.47 Å². The lowest BCUT2D eigenvalue weighted by Gasteiger charge is -2.32. The largest absolute Gasteiger partial charge is 0.379 e. The summed E-state index contributed by atoms with van der Waals surface area (Å²) in [5.74, 6) is 0. The molecule has 0 bridgehead atoms. The molecule has 3 rings (SSSR count). The van der Waals surface area contributed by atoms with E-state index in [0.29, 0.717) is 26.2 Å². The smallest absolute Gasteiger partial charge is 0.240 e. The molecule has 1 N–H and O–H groups in total. The summed E-state index contributed by atoms with van der Waals surface area (Å²) in [6.45, 7) is 2.24. The fourth-order valence-electron chi connectivity index (χ4n) is 3.00. The standard InChI is InChI=1S/C19H26N2O4S/c1-21(2)10-12-25-19-14-24-11-9-18(19)20-26(22,23)17-8-7-15-5-3-4-6-16(15)13-17/h3-8,13,18-20H,9-12,14H2,1-2H3/t18-,19-/m1/s1. The van der Waals surface area contributed by atoms with Gasteiger partial charge in [0.2, 0.25) is 10.0 Å². The minimum atomic E-state index is -3.62. The Morgan fingerprint density at radius 3 is 2.73 bits per heavy atom. The average molecular weight is 378 g/mol. The quantitative estimate of drug-likeness (QED) is 0.796. The maximum absolute atomic E-state index is 12.9. The molecule has 2 aromatic carbocycles. The first-order valence-electron chi connectivity index (χ1n) is 8.81. The zero-order valence-electron chi connectivity index (χ0n) is 15.2. The number of benzene rings is 2. The molecule has 26 heavy (non-hydrogen) atoms. The fraction of sp³-hybridized carbons (Fsp3) is 0.474. The molecule has 7 heteroatoms. The van der Waals surface area contributed by atoms with Crippen LogP contribution in [0.15, 0.2) is 47.4 Å². The molecule has 1 aliphatic rings. The van der Waals surface area contributed by atoms with E-state index in [2.05, 4.69) is 4.72 Å². The number of nitrogens with one attached hydrogen (secondary N) is 1. The Hall–Kier alpha value is -1.51. The minimum absolute atomic E-state index is 0.273. The van der Waals surface area contributed by atoms with Crippen molar-refractivity contribution >= 4 is 20.8 Å². The molecule has 2 atom stereocenters. The summed E-state index contributed by atoms with van der Waals surface area (Å²) >= 11 is 0. The summed E-state index contributed by atoms with van der Waals surface area (Å²) in [5.41, 5.74) is 0. The van der Waals surface area contributed by atoms with Gasteiger partial charge in [-0.05, 0) is 43.4 Å². The topological polar surface area (TPSA) is 67.9 Å². The van der Waals surface area contributed by atoms with Gasteiger partial charge in [0.1, 0.15) is 0 Å². The van der Waals surface area contributed by atoms with Crippen LogP contribution < -0.4 is 4.72 Å². The number of nitrogens with zero attached hydrogens (tertiary/aromatic N) is 1. The molecule has 142 valence electrons. The average Bonchev–Trinajstić information content (AvgIpc) is 2.62. The maximum atomic E-state index is 12.9. The van der Waals surface area contributed by atoms with Gasteiger partial charge in [-0.1, -0.05) is 30.3 Å². The Morgan fingerprint density at radius 2 is 1.96 bits per heavy atom. The van der Waals surface area contributed by atoms with Gasteiger partial charge in [-0.3, -0.25) is 0 Å². The van der Waals surface area contributed by atoms with Crippen LogP contribution in [0.5, 0.6) is 0 Å². The molecular formula is C19H26N2O4S. The SMILES string of the molecule is CN(C)CCO[C@@H]1COCC[C@H]1NS(=O)(=O)c1ccc2ccccc2c1.